The van der Waals surface area contributed by atoms with E-state index in [4.69, 9.17) is 5.73 Å². The van der Waals surface area contributed by atoms with Gasteiger partial charge in [0.15, 0.2) is 0 Å². The van der Waals surface area contributed by atoms with Crippen molar-refractivity contribution in [2.24, 2.45) is 18.7 Å². The highest BCUT2D eigenvalue weighted by atomic mass is 16.6. The molecular formula is C13H23N5O2. The van der Waals surface area contributed by atoms with Gasteiger partial charge >= 0.3 is 5.69 Å². The Morgan fingerprint density at radius 2 is 2.25 bits per heavy atom. The van der Waals surface area contributed by atoms with E-state index in [9.17, 15) is 10.1 Å². The number of hydrogen-bond acceptors (Lipinski definition) is 5. The van der Waals surface area contributed by atoms with E-state index in [1.165, 1.54) is 0 Å². The second kappa shape index (κ2) is 5.78. The fourth-order valence-electron chi connectivity index (χ4n) is 2.89. The van der Waals surface area contributed by atoms with Gasteiger partial charge in [-0.3, -0.25) is 10.1 Å². The van der Waals surface area contributed by atoms with Crippen LogP contribution in [0.2, 0.25) is 0 Å². The zero-order chi connectivity index (χ0) is 14.9. The average molecular weight is 281 g/mol. The summed E-state index contributed by atoms with van der Waals surface area (Å²) < 4.78 is 1.65. The predicted molar refractivity (Wildman–Crippen MR) is 77.9 cm³/mol. The number of hydrogen-bond donors (Lipinski definition) is 1. The molecule has 7 heteroatoms. The Bertz CT molecular complexity index is 497. The van der Waals surface area contributed by atoms with Crippen LogP contribution >= 0.6 is 0 Å². The van der Waals surface area contributed by atoms with Crippen LogP contribution in [0.5, 0.6) is 0 Å². The highest BCUT2D eigenvalue weighted by molar-refractivity contribution is 5.62. The molecule has 1 aliphatic heterocycles. The van der Waals surface area contributed by atoms with E-state index >= 15 is 0 Å². The number of aryl methyl sites for hydroxylation is 1. The van der Waals surface area contributed by atoms with Crippen molar-refractivity contribution in [2.75, 3.05) is 24.5 Å². The Kier molecular flexibility index (Phi) is 4.27. The van der Waals surface area contributed by atoms with Gasteiger partial charge in [0, 0.05) is 26.1 Å². The molecule has 0 saturated carbocycles. The molecule has 2 rings (SSSR count). The summed E-state index contributed by atoms with van der Waals surface area (Å²) in [6.07, 6.45) is 2.11. The van der Waals surface area contributed by atoms with E-state index in [2.05, 4.69) is 10.00 Å². The van der Waals surface area contributed by atoms with Crippen LogP contribution in [0.4, 0.5) is 11.5 Å². The molecule has 0 amide bonds. The van der Waals surface area contributed by atoms with Crippen LogP contribution in [-0.4, -0.2) is 34.3 Å². The minimum Gasteiger partial charge on any atom is -0.351 e. The number of nitrogens with zero attached hydrogens (tertiary/aromatic N) is 4. The minimum atomic E-state index is -0.302. The van der Waals surface area contributed by atoms with E-state index in [0.717, 1.165) is 25.9 Å². The summed E-state index contributed by atoms with van der Waals surface area (Å²) in [4.78, 5) is 13.2. The molecule has 1 aromatic heterocycles. The van der Waals surface area contributed by atoms with Crippen molar-refractivity contribution in [3.63, 3.8) is 0 Å². The Balaban J connectivity index is 2.42. The summed E-state index contributed by atoms with van der Waals surface area (Å²) in [6.45, 7) is 6.08. The average Bonchev–Trinajstić information content (AvgIpc) is 2.77. The number of aromatic nitrogens is 2. The number of anilines is 1. The summed E-state index contributed by atoms with van der Waals surface area (Å²) in [6, 6.07) is 0. The Hall–Kier alpha value is -1.63. The maximum absolute atomic E-state index is 11.5. The zero-order valence-electron chi connectivity index (χ0n) is 12.4. The van der Waals surface area contributed by atoms with Crippen molar-refractivity contribution in [3.8, 4) is 0 Å². The predicted octanol–water partition coefficient (Wildman–Crippen LogP) is 1.63. The first-order chi connectivity index (χ1) is 9.45. The molecule has 2 heterocycles. The van der Waals surface area contributed by atoms with Gasteiger partial charge in [-0.1, -0.05) is 13.8 Å². The van der Waals surface area contributed by atoms with Crippen molar-refractivity contribution in [3.05, 3.63) is 15.8 Å². The van der Waals surface area contributed by atoms with Crippen LogP contribution in [0.25, 0.3) is 0 Å². The number of piperidine rings is 1. The molecule has 0 bridgehead atoms. The summed E-state index contributed by atoms with van der Waals surface area (Å²) in [7, 11) is 1.78. The topological polar surface area (TPSA) is 90.2 Å². The molecule has 20 heavy (non-hydrogen) atoms. The van der Waals surface area contributed by atoms with Gasteiger partial charge in [-0.25, -0.2) is 4.68 Å². The van der Waals surface area contributed by atoms with Crippen LogP contribution in [0.3, 0.4) is 0 Å². The number of rotatable bonds is 4. The molecule has 1 aliphatic rings. The fourth-order valence-corrected chi connectivity index (χ4v) is 2.89. The third-order valence-electron chi connectivity index (χ3n) is 3.90. The number of nitrogens with two attached hydrogens (primary N) is 1. The van der Waals surface area contributed by atoms with Gasteiger partial charge in [0.05, 0.1) is 4.92 Å². The van der Waals surface area contributed by atoms with Crippen molar-refractivity contribution >= 4 is 11.5 Å². The van der Waals surface area contributed by atoms with Crippen LogP contribution in [0, 0.1) is 16.0 Å². The lowest BCUT2D eigenvalue weighted by Crippen LogP contribution is -2.39. The molecule has 1 aromatic rings. The molecule has 1 unspecified atom stereocenters. The van der Waals surface area contributed by atoms with Gasteiger partial charge in [0.25, 0.3) is 0 Å². The Morgan fingerprint density at radius 1 is 1.55 bits per heavy atom. The van der Waals surface area contributed by atoms with Crippen molar-refractivity contribution in [1.82, 2.24) is 9.78 Å². The minimum absolute atomic E-state index is 0.0328. The Labute approximate surface area is 118 Å². The smallest absolute Gasteiger partial charge is 0.334 e. The molecular weight excluding hydrogens is 258 g/mol. The molecule has 1 fully saturated rings. The lowest BCUT2D eigenvalue weighted by molar-refractivity contribution is -0.385. The first kappa shape index (κ1) is 14.8. The lowest BCUT2D eigenvalue weighted by Gasteiger charge is -2.32. The molecule has 1 saturated heterocycles. The molecule has 0 aromatic carbocycles. The molecule has 7 nitrogen and oxygen atoms in total. The molecule has 112 valence electrons. The van der Waals surface area contributed by atoms with Gasteiger partial charge in [-0.2, -0.15) is 5.10 Å². The quantitative estimate of drug-likeness (QED) is 0.669. The third kappa shape index (κ3) is 2.63. The van der Waals surface area contributed by atoms with Crippen molar-refractivity contribution in [1.29, 1.82) is 0 Å². The first-order valence-corrected chi connectivity index (χ1v) is 7.12. The second-order valence-corrected chi connectivity index (χ2v) is 5.78. The highest BCUT2D eigenvalue weighted by Crippen LogP contribution is 2.36. The first-order valence-electron chi connectivity index (χ1n) is 7.12. The highest BCUT2D eigenvalue weighted by Gasteiger charge is 2.33. The largest absolute Gasteiger partial charge is 0.351 e. The Morgan fingerprint density at radius 3 is 2.80 bits per heavy atom. The van der Waals surface area contributed by atoms with Gasteiger partial charge < -0.3 is 10.6 Å². The summed E-state index contributed by atoms with van der Waals surface area (Å²) in [5, 5.41) is 15.8. The lowest BCUT2D eigenvalue weighted by atomic mass is 9.98. The van der Waals surface area contributed by atoms with Gasteiger partial charge in [-0.05, 0) is 25.3 Å². The van der Waals surface area contributed by atoms with E-state index < -0.39 is 0 Å². The summed E-state index contributed by atoms with van der Waals surface area (Å²) in [5.74, 6) is 1.06. The maximum Gasteiger partial charge on any atom is 0.334 e. The van der Waals surface area contributed by atoms with Gasteiger partial charge in [-0.15, -0.1) is 0 Å². The van der Waals surface area contributed by atoms with Gasteiger partial charge in [0.2, 0.25) is 5.82 Å². The second-order valence-electron chi connectivity index (χ2n) is 5.78. The van der Waals surface area contributed by atoms with E-state index in [1.807, 2.05) is 13.8 Å². The number of nitro groups is 1. The fraction of sp³-hybridized carbons (Fsp3) is 0.769. The van der Waals surface area contributed by atoms with E-state index in [1.54, 1.807) is 11.7 Å². The van der Waals surface area contributed by atoms with Crippen LogP contribution < -0.4 is 10.6 Å². The summed E-state index contributed by atoms with van der Waals surface area (Å²) in [5.41, 5.74) is 6.46. The normalized spacial score (nSPS) is 19.6. The molecule has 0 spiro atoms. The third-order valence-corrected chi connectivity index (χ3v) is 3.90. The SMILES string of the molecule is CC(C)c1nn(C)c(N2CCCC(CN)C2)c1[N+](=O)[O-]. The van der Waals surface area contributed by atoms with Crippen LogP contribution in [0.1, 0.15) is 38.3 Å². The standard InChI is InChI=1S/C13H23N5O2/c1-9(2)11-12(18(19)20)13(16(3)15-11)17-6-4-5-10(7-14)8-17/h9-10H,4-8,14H2,1-3H3. The van der Waals surface area contributed by atoms with Crippen molar-refractivity contribution in [2.45, 2.75) is 32.6 Å². The maximum atomic E-state index is 11.5. The van der Waals surface area contributed by atoms with Crippen LogP contribution in [-0.2, 0) is 7.05 Å². The zero-order valence-corrected chi connectivity index (χ0v) is 12.4. The molecule has 2 N–H and O–H groups in total. The van der Waals surface area contributed by atoms with Crippen molar-refractivity contribution < 1.29 is 4.92 Å². The summed E-state index contributed by atoms with van der Waals surface area (Å²) >= 11 is 0. The molecule has 1 atom stereocenters. The monoisotopic (exact) mass is 281 g/mol. The molecule has 0 radical (unpaired) electrons. The molecule has 0 aliphatic carbocycles. The van der Waals surface area contributed by atoms with Gasteiger partial charge in [0.1, 0.15) is 5.69 Å². The van der Waals surface area contributed by atoms with E-state index in [0.29, 0.717) is 24.0 Å². The van der Waals surface area contributed by atoms with Crippen LogP contribution in [0.15, 0.2) is 0 Å². The van der Waals surface area contributed by atoms with E-state index in [-0.39, 0.29) is 16.5 Å².